The highest BCUT2D eigenvalue weighted by atomic mass is 16.5. The minimum Gasteiger partial charge on any atom is -0.482 e. The Morgan fingerprint density at radius 3 is 2.94 bits per heavy atom. The normalized spacial score (nSPS) is 15.7. The maximum atomic E-state index is 11.5. The van der Waals surface area contributed by atoms with Gasteiger partial charge in [0.05, 0.1) is 5.69 Å². The number of ether oxygens (including phenoxy) is 1. The van der Waals surface area contributed by atoms with E-state index in [2.05, 4.69) is 5.32 Å². The summed E-state index contributed by atoms with van der Waals surface area (Å²) in [6.45, 7) is 0.0321. The van der Waals surface area contributed by atoms with Crippen LogP contribution in [0, 0.1) is 0 Å². The average molecular weight is 249 g/mol. The van der Waals surface area contributed by atoms with E-state index in [9.17, 15) is 9.59 Å². The van der Waals surface area contributed by atoms with Crippen LogP contribution in [0.2, 0.25) is 0 Å². The van der Waals surface area contributed by atoms with E-state index in [1.165, 1.54) is 11.9 Å². The van der Waals surface area contributed by atoms with Crippen LogP contribution in [0.5, 0.6) is 5.75 Å². The minimum atomic E-state index is -0.759. The van der Waals surface area contributed by atoms with Crippen molar-refractivity contribution in [2.45, 2.75) is 6.04 Å². The molecule has 1 atom stereocenters. The molecule has 0 bridgehead atoms. The highest BCUT2D eigenvalue weighted by Crippen LogP contribution is 2.33. The van der Waals surface area contributed by atoms with Gasteiger partial charge in [-0.1, -0.05) is 6.07 Å². The molecule has 1 aromatic carbocycles. The van der Waals surface area contributed by atoms with Crippen LogP contribution in [0.4, 0.5) is 5.69 Å². The Kier molecular flexibility index (Phi) is 3.20. The summed E-state index contributed by atoms with van der Waals surface area (Å²) in [4.78, 5) is 24.5. The zero-order valence-corrected chi connectivity index (χ0v) is 10.3. The first-order valence-corrected chi connectivity index (χ1v) is 5.55. The third-order valence-electron chi connectivity index (χ3n) is 2.96. The molecule has 0 saturated carbocycles. The number of carbonyl (C=O) groups excluding carboxylic acids is 2. The molecule has 1 aliphatic heterocycles. The van der Waals surface area contributed by atoms with Crippen molar-refractivity contribution < 1.29 is 14.3 Å². The van der Waals surface area contributed by atoms with Gasteiger partial charge in [0.2, 0.25) is 5.91 Å². The lowest BCUT2D eigenvalue weighted by Gasteiger charge is -2.26. The van der Waals surface area contributed by atoms with Crippen LogP contribution in [0.1, 0.15) is 11.6 Å². The SMILES string of the molecule is CNC(=O)C(N)c1ccc2c(c1)N(C)C(=O)CO2. The third-order valence-corrected chi connectivity index (χ3v) is 2.96. The highest BCUT2D eigenvalue weighted by Gasteiger charge is 2.24. The number of likely N-dealkylation sites (N-methyl/N-ethyl adjacent to an activating group) is 2. The maximum Gasteiger partial charge on any atom is 0.264 e. The Bertz CT molecular complexity index is 501. The van der Waals surface area contributed by atoms with Gasteiger partial charge in [0.25, 0.3) is 5.91 Å². The van der Waals surface area contributed by atoms with Crippen LogP contribution in [-0.2, 0) is 9.59 Å². The molecule has 3 N–H and O–H groups in total. The van der Waals surface area contributed by atoms with E-state index in [-0.39, 0.29) is 18.4 Å². The summed E-state index contributed by atoms with van der Waals surface area (Å²) in [5.74, 6) is 0.207. The molecule has 2 rings (SSSR count). The summed E-state index contributed by atoms with van der Waals surface area (Å²) in [5.41, 5.74) is 7.07. The number of fused-ring (bicyclic) bond motifs is 1. The summed E-state index contributed by atoms with van der Waals surface area (Å²) in [7, 11) is 3.19. The molecule has 1 aliphatic rings. The summed E-state index contributed by atoms with van der Waals surface area (Å²) >= 11 is 0. The zero-order chi connectivity index (χ0) is 13.3. The molecular weight excluding hydrogens is 234 g/mol. The second-order valence-corrected chi connectivity index (χ2v) is 4.06. The number of hydrogen-bond acceptors (Lipinski definition) is 4. The van der Waals surface area contributed by atoms with E-state index in [1.807, 2.05) is 0 Å². The first-order valence-electron chi connectivity index (χ1n) is 5.55. The number of carbonyl (C=O) groups is 2. The molecule has 96 valence electrons. The monoisotopic (exact) mass is 249 g/mol. The van der Waals surface area contributed by atoms with Crippen LogP contribution in [0.25, 0.3) is 0 Å². The van der Waals surface area contributed by atoms with Gasteiger partial charge in [-0.15, -0.1) is 0 Å². The number of nitrogens with zero attached hydrogens (tertiary/aromatic N) is 1. The predicted octanol–water partition coefficient (Wildman–Crippen LogP) is -0.212. The predicted molar refractivity (Wildman–Crippen MR) is 66.3 cm³/mol. The Morgan fingerprint density at radius 1 is 1.56 bits per heavy atom. The first kappa shape index (κ1) is 12.4. The quantitative estimate of drug-likeness (QED) is 0.759. The standard InChI is InChI=1S/C12H15N3O3/c1-14-12(17)11(13)7-3-4-9-8(5-7)15(2)10(16)6-18-9/h3-5,11H,6,13H2,1-2H3,(H,14,17). The molecule has 1 heterocycles. The van der Waals surface area contributed by atoms with Crippen LogP contribution in [0.3, 0.4) is 0 Å². The summed E-state index contributed by atoms with van der Waals surface area (Å²) in [6.07, 6.45) is 0. The summed E-state index contributed by atoms with van der Waals surface area (Å²) in [6, 6.07) is 4.39. The van der Waals surface area contributed by atoms with E-state index in [0.717, 1.165) is 0 Å². The fourth-order valence-corrected chi connectivity index (χ4v) is 1.79. The molecule has 0 aliphatic carbocycles. The molecule has 0 aromatic heterocycles. The number of hydrogen-bond donors (Lipinski definition) is 2. The molecule has 6 nitrogen and oxygen atoms in total. The number of nitrogens with two attached hydrogens (primary N) is 1. The number of anilines is 1. The lowest BCUT2D eigenvalue weighted by Crippen LogP contribution is -2.36. The van der Waals surface area contributed by atoms with Crippen LogP contribution in [0.15, 0.2) is 18.2 Å². The smallest absolute Gasteiger partial charge is 0.264 e. The number of benzene rings is 1. The number of rotatable bonds is 2. The van der Waals surface area contributed by atoms with Crippen molar-refractivity contribution in [3.05, 3.63) is 23.8 Å². The van der Waals surface area contributed by atoms with Crippen molar-refractivity contribution in [3.63, 3.8) is 0 Å². The Morgan fingerprint density at radius 2 is 2.28 bits per heavy atom. The highest BCUT2D eigenvalue weighted by molar-refractivity contribution is 5.97. The topological polar surface area (TPSA) is 84.7 Å². The van der Waals surface area contributed by atoms with Crippen molar-refractivity contribution in [2.24, 2.45) is 5.73 Å². The molecular formula is C12H15N3O3. The molecule has 0 spiro atoms. The largest absolute Gasteiger partial charge is 0.482 e. The number of nitrogens with one attached hydrogen (secondary N) is 1. The van der Waals surface area contributed by atoms with Gasteiger partial charge in [-0.05, 0) is 17.7 Å². The number of amides is 2. The van der Waals surface area contributed by atoms with Crippen molar-refractivity contribution in [1.29, 1.82) is 0 Å². The second-order valence-electron chi connectivity index (χ2n) is 4.06. The van der Waals surface area contributed by atoms with Crippen molar-refractivity contribution >= 4 is 17.5 Å². The van der Waals surface area contributed by atoms with E-state index in [1.54, 1.807) is 25.2 Å². The van der Waals surface area contributed by atoms with Crippen LogP contribution in [-0.4, -0.2) is 32.5 Å². The first-order chi connectivity index (χ1) is 8.54. The van der Waals surface area contributed by atoms with Crippen molar-refractivity contribution in [3.8, 4) is 5.75 Å². The fraction of sp³-hybridized carbons (Fsp3) is 0.333. The molecule has 1 unspecified atom stereocenters. The van der Waals surface area contributed by atoms with Gasteiger partial charge in [-0.2, -0.15) is 0 Å². The van der Waals surface area contributed by atoms with Crippen molar-refractivity contribution in [1.82, 2.24) is 5.32 Å². The van der Waals surface area contributed by atoms with Gasteiger partial charge in [-0.3, -0.25) is 9.59 Å². The van der Waals surface area contributed by atoms with E-state index in [4.69, 9.17) is 10.5 Å². The van der Waals surface area contributed by atoms with Crippen LogP contribution < -0.4 is 20.7 Å². The fourth-order valence-electron chi connectivity index (χ4n) is 1.79. The lowest BCUT2D eigenvalue weighted by molar-refractivity contribution is -0.122. The molecule has 1 aromatic rings. The zero-order valence-electron chi connectivity index (χ0n) is 10.3. The summed E-state index contributed by atoms with van der Waals surface area (Å²) in [5, 5.41) is 2.49. The molecule has 0 saturated heterocycles. The van der Waals surface area contributed by atoms with Crippen molar-refractivity contribution in [2.75, 3.05) is 25.6 Å². The van der Waals surface area contributed by atoms with Gasteiger partial charge >= 0.3 is 0 Å². The third kappa shape index (κ3) is 2.02. The van der Waals surface area contributed by atoms with Gasteiger partial charge in [0, 0.05) is 14.1 Å². The molecule has 18 heavy (non-hydrogen) atoms. The Hall–Kier alpha value is -2.08. The van der Waals surface area contributed by atoms with E-state index < -0.39 is 6.04 Å². The van der Waals surface area contributed by atoms with Gasteiger partial charge in [0.15, 0.2) is 6.61 Å². The lowest BCUT2D eigenvalue weighted by atomic mass is 10.0. The average Bonchev–Trinajstić information content (AvgIpc) is 2.41. The Labute approximate surface area is 105 Å². The van der Waals surface area contributed by atoms with Gasteiger partial charge in [-0.25, -0.2) is 0 Å². The second kappa shape index (κ2) is 4.66. The van der Waals surface area contributed by atoms with Gasteiger partial charge < -0.3 is 20.7 Å². The van der Waals surface area contributed by atoms with E-state index >= 15 is 0 Å². The maximum absolute atomic E-state index is 11.5. The van der Waals surface area contributed by atoms with Gasteiger partial charge in [0.1, 0.15) is 11.8 Å². The minimum absolute atomic E-state index is 0.0321. The summed E-state index contributed by atoms with van der Waals surface area (Å²) < 4.78 is 5.30. The molecule has 6 heteroatoms. The molecule has 0 fully saturated rings. The Balaban J connectivity index is 2.37. The van der Waals surface area contributed by atoms with E-state index in [0.29, 0.717) is 17.0 Å². The molecule has 0 radical (unpaired) electrons. The van der Waals surface area contributed by atoms with Crippen LogP contribution >= 0.6 is 0 Å². The molecule has 2 amide bonds.